The number of primary amides is 1. The summed E-state index contributed by atoms with van der Waals surface area (Å²) in [6.07, 6.45) is 9.74. The van der Waals surface area contributed by atoms with E-state index in [0.29, 0.717) is 56.2 Å². The normalized spacial score (nSPS) is 30.4. The molecule has 11 nitrogen and oxygen atoms in total. The summed E-state index contributed by atoms with van der Waals surface area (Å²) in [4.78, 5) is 38.8. The van der Waals surface area contributed by atoms with Gasteiger partial charge in [-0.3, -0.25) is 9.59 Å². The minimum Gasteiger partial charge on any atom is -0.449 e. The predicted molar refractivity (Wildman–Crippen MR) is 141 cm³/mol. The number of aromatic nitrogens is 2. The second-order valence-electron chi connectivity index (χ2n) is 12.2. The summed E-state index contributed by atoms with van der Waals surface area (Å²) in [6, 6.07) is 0.0934. The molecule has 0 radical (unpaired) electrons. The lowest BCUT2D eigenvalue weighted by Crippen LogP contribution is -2.60. The van der Waals surface area contributed by atoms with Crippen molar-refractivity contribution in [3.8, 4) is 0 Å². The number of morpholine rings is 1. The Morgan fingerprint density at radius 1 is 1.21 bits per heavy atom. The number of nitrogens with zero attached hydrogens (tertiary/aromatic N) is 3. The topological polar surface area (TPSA) is 141 Å². The zero-order chi connectivity index (χ0) is 27.1. The molecule has 1 saturated heterocycles. The fourth-order valence-electron chi connectivity index (χ4n) is 7.53. The number of anilines is 1. The maximum atomic E-state index is 13.8. The summed E-state index contributed by atoms with van der Waals surface area (Å²) in [5, 5.41) is 10.8. The highest BCUT2D eigenvalue weighted by molar-refractivity contribution is 5.99. The van der Waals surface area contributed by atoms with Crippen LogP contribution >= 0.6 is 0 Å². The molecule has 4 N–H and O–H groups in total. The quantitative estimate of drug-likeness (QED) is 0.469. The summed E-state index contributed by atoms with van der Waals surface area (Å²) >= 11 is 0. The molecule has 2 atom stereocenters. The lowest BCUT2D eigenvalue weighted by atomic mass is 9.48. The molecule has 11 heteroatoms. The average Bonchev–Trinajstić information content (AvgIpc) is 3.27. The van der Waals surface area contributed by atoms with Gasteiger partial charge >= 0.3 is 6.09 Å². The Bertz CT molecular complexity index is 1090. The summed E-state index contributed by atoms with van der Waals surface area (Å²) in [6.45, 7) is 8.16. The van der Waals surface area contributed by atoms with Crippen LogP contribution in [0.5, 0.6) is 0 Å². The number of hydrogen-bond acceptors (Lipinski definition) is 7. The molecule has 208 valence electrons. The first kappa shape index (κ1) is 26.5. The van der Waals surface area contributed by atoms with Gasteiger partial charge in [0.1, 0.15) is 11.4 Å². The van der Waals surface area contributed by atoms with Crippen LogP contribution in [0.4, 0.5) is 10.6 Å². The van der Waals surface area contributed by atoms with E-state index >= 15 is 0 Å². The monoisotopic (exact) mass is 528 g/mol. The summed E-state index contributed by atoms with van der Waals surface area (Å²) in [5.74, 6) is 1.83. The van der Waals surface area contributed by atoms with Crippen molar-refractivity contribution in [1.29, 1.82) is 0 Å². The molecule has 2 unspecified atom stereocenters. The fraction of sp³-hybridized carbons (Fsp3) is 0.704. The van der Waals surface area contributed by atoms with Gasteiger partial charge in [0.25, 0.3) is 5.91 Å². The lowest BCUT2D eigenvalue weighted by molar-refractivity contribution is -0.120. The Balaban J connectivity index is 1.35. The second kappa shape index (κ2) is 10.2. The van der Waals surface area contributed by atoms with Crippen LogP contribution in [0.25, 0.3) is 6.20 Å². The molecule has 0 spiro atoms. The van der Waals surface area contributed by atoms with E-state index in [-0.39, 0.29) is 23.3 Å². The van der Waals surface area contributed by atoms with Crippen molar-refractivity contribution in [3.05, 3.63) is 17.8 Å². The fourth-order valence-corrected chi connectivity index (χ4v) is 7.53. The number of rotatable bonds is 8. The van der Waals surface area contributed by atoms with E-state index in [1.54, 1.807) is 10.9 Å². The molecular weight excluding hydrogens is 488 g/mol. The van der Waals surface area contributed by atoms with Crippen LogP contribution in [-0.2, 0) is 14.3 Å². The highest BCUT2D eigenvalue weighted by Crippen LogP contribution is 2.60. The highest BCUT2D eigenvalue weighted by atomic mass is 16.5. The van der Waals surface area contributed by atoms with Crippen molar-refractivity contribution in [3.63, 3.8) is 0 Å². The van der Waals surface area contributed by atoms with Gasteiger partial charge < -0.3 is 30.7 Å². The van der Waals surface area contributed by atoms with Crippen LogP contribution in [0.3, 0.4) is 0 Å². The minimum atomic E-state index is -0.715. The van der Waals surface area contributed by atoms with E-state index in [1.807, 2.05) is 26.1 Å². The largest absolute Gasteiger partial charge is 0.449 e. The maximum Gasteiger partial charge on any atom is 0.404 e. The highest BCUT2D eigenvalue weighted by Gasteiger charge is 2.56. The molecule has 0 aromatic carbocycles. The number of amides is 3. The van der Waals surface area contributed by atoms with Crippen molar-refractivity contribution in [2.45, 2.75) is 64.5 Å². The summed E-state index contributed by atoms with van der Waals surface area (Å²) < 4.78 is 12.5. The Labute approximate surface area is 223 Å². The minimum absolute atomic E-state index is 0.0118. The van der Waals surface area contributed by atoms with Crippen molar-refractivity contribution in [2.24, 2.45) is 28.9 Å². The molecule has 2 heterocycles. The number of hydrogen-bond donors (Lipinski definition) is 3. The van der Waals surface area contributed by atoms with E-state index in [9.17, 15) is 14.4 Å². The standard InChI is InChI=1S/C27H40N6O5/c1-17(34)31-26(2,3)4-5-33-24(32-6-8-37-9-7-32)21(15-29-33)23(35)30-22-19-10-18-11-20(22)14-27(12-18,13-19)16-38-25(28)36/h4-5,15,18-20,22H,6-14,16H2,1-3H3,(H2,28,36)(H,30,35)(H,31,34)/b5-4+/t18?,19?,20?,22-,27-. The molecular formula is C27H40N6O5. The Morgan fingerprint density at radius 3 is 2.53 bits per heavy atom. The number of ether oxygens (including phenoxy) is 2. The van der Waals surface area contributed by atoms with E-state index in [1.165, 1.54) is 6.92 Å². The predicted octanol–water partition coefficient (Wildman–Crippen LogP) is 2.13. The molecule has 4 bridgehead atoms. The molecule has 1 aliphatic heterocycles. The van der Waals surface area contributed by atoms with Gasteiger partial charge in [-0.05, 0) is 69.8 Å². The van der Waals surface area contributed by atoms with Gasteiger partial charge in [0.2, 0.25) is 5.91 Å². The van der Waals surface area contributed by atoms with Crippen LogP contribution in [0.1, 0.15) is 63.2 Å². The van der Waals surface area contributed by atoms with Gasteiger partial charge in [0.05, 0.1) is 31.6 Å². The van der Waals surface area contributed by atoms with Crippen molar-refractivity contribution < 1.29 is 23.9 Å². The molecule has 1 aromatic rings. The van der Waals surface area contributed by atoms with Crippen LogP contribution in [0.2, 0.25) is 0 Å². The van der Waals surface area contributed by atoms with Gasteiger partial charge in [0, 0.05) is 37.7 Å². The van der Waals surface area contributed by atoms with E-state index in [4.69, 9.17) is 15.2 Å². The molecule has 6 rings (SSSR count). The third-order valence-electron chi connectivity index (χ3n) is 8.67. The molecule has 4 aliphatic carbocycles. The van der Waals surface area contributed by atoms with Gasteiger partial charge in [-0.2, -0.15) is 5.10 Å². The molecule has 1 aromatic heterocycles. The number of carbonyl (C=O) groups excluding carboxylic acids is 3. The van der Waals surface area contributed by atoms with Crippen LogP contribution in [-0.4, -0.2) is 72.2 Å². The van der Waals surface area contributed by atoms with Crippen molar-refractivity contribution >= 4 is 29.9 Å². The molecule has 3 amide bonds. The SMILES string of the molecule is CC(=O)NC(C)(C)/C=C/n1ncc(C(=O)N[C@H]2C3CC4CC2C[C@](COC(N)=O)(C4)C3)c1N1CCOCC1. The first-order chi connectivity index (χ1) is 18.0. The van der Waals surface area contributed by atoms with Crippen LogP contribution in [0, 0.1) is 23.2 Å². The Morgan fingerprint density at radius 2 is 1.89 bits per heavy atom. The van der Waals surface area contributed by atoms with E-state index < -0.39 is 11.6 Å². The molecule has 38 heavy (non-hydrogen) atoms. The molecule has 5 fully saturated rings. The van der Waals surface area contributed by atoms with Gasteiger partial charge in [-0.15, -0.1) is 0 Å². The van der Waals surface area contributed by atoms with Gasteiger partial charge in [-0.25, -0.2) is 9.48 Å². The smallest absolute Gasteiger partial charge is 0.404 e. The molecule has 4 saturated carbocycles. The first-order valence-corrected chi connectivity index (χ1v) is 13.7. The van der Waals surface area contributed by atoms with Crippen LogP contribution < -0.4 is 21.3 Å². The Hall–Kier alpha value is -3.08. The van der Waals surface area contributed by atoms with Crippen molar-refractivity contribution in [1.82, 2.24) is 20.4 Å². The second-order valence-corrected chi connectivity index (χ2v) is 12.2. The number of nitrogens with one attached hydrogen (secondary N) is 2. The third kappa shape index (κ3) is 5.52. The Kier molecular flexibility index (Phi) is 7.15. The van der Waals surface area contributed by atoms with E-state index in [0.717, 1.165) is 37.9 Å². The van der Waals surface area contributed by atoms with Gasteiger partial charge in [-0.1, -0.05) is 0 Å². The summed E-state index contributed by atoms with van der Waals surface area (Å²) in [7, 11) is 0. The third-order valence-corrected chi connectivity index (χ3v) is 8.67. The van der Waals surface area contributed by atoms with Crippen molar-refractivity contribution in [2.75, 3.05) is 37.8 Å². The maximum absolute atomic E-state index is 13.8. The summed E-state index contributed by atoms with van der Waals surface area (Å²) in [5.41, 5.74) is 5.21. The van der Waals surface area contributed by atoms with Crippen LogP contribution in [0.15, 0.2) is 12.3 Å². The zero-order valence-corrected chi connectivity index (χ0v) is 22.6. The first-order valence-electron chi connectivity index (χ1n) is 13.7. The van der Waals surface area contributed by atoms with Gasteiger partial charge in [0.15, 0.2) is 0 Å². The number of nitrogens with two attached hydrogens (primary N) is 1. The number of carbonyl (C=O) groups is 3. The molecule has 5 aliphatic rings. The van der Waals surface area contributed by atoms with E-state index in [2.05, 4.69) is 20.6 Å². The lowest BCUT2D eigenvalue weighted by Gasteiger charge is -2.59. The average molecular weight is 529 g/mol. The zero-order valence-electron chi connectivity index (χ0n) is 22.6.